The highest BCUT2D eigenvalue weighted by atomic mass is 79.9. The summed E-state index contributed by atoms with van der Waals surface area (Å²) >= 11 is 3.29. The molecule has 1 unspecified atom stereocenters. The minimum Gasteiger partial charge on any atom is -0.480 e. The van der Waals surface area contributed by atoms with Crippen molar-refractivity contribution in [1.82, 2.24) is 9.88 Å². The maximum Gasteiger partial charge on any atom is 0.327 e. The van der Waals surface area contributed by atoms with E-state index in [1.807, 2.05) is 11.0 Å². The first-order chi connectivity index (χ1) is 7.68. The number of hydrogen-bond donors (Lipinski definition) is 1. The minimum atomic E-state index is -0.822. The first-order valence-corrected chi connectivity index (χ1v) is 6.06. The van der Waals surface area contributed by atoms with Gasteiger partial charge in [-0.15, -0.1) is 0 Å². The number of nitrogens with zero attached hydrogens (tertiary/aromatic N) is 2. The quantitative estimate of drug-likeness (QED) is 0.923. The van der Waals surface area contributed by atoms with E-state index in [-0.39, 0.29) is 0 Å². The Kier molecular flexibility index (Phi) is 3.56. The summed E-state index contributed by atoms with van der Waals surface area (Å²) in [7, 11) is 0. The van der Waals surface area contributed by atoms with Crippen LogP contribution in [0.25, 0.3) is 0 Å². The molecule has 1 saturated heterocycles. The number of pyridine rings is 1. The van der Waals surface area contributed by atoms with Crippen LogP contribution in [0, 0.1) is 0 Å². The largest absolute Gasteiger partial charge is 0.480 e. The van der Waals surface area contributed by atoms with E-state index < -0.39 is 12.0 Å². The number of likely N-dealkylation sites (tertiary alicyclic amines) is 1. The number of aromatic nitrogens is 1. The summed E-state index contributed by atoms with van der Waals surface area (Å²) < 4.78 is 0.863. The van der Waals surface area contributed by atoms with Gasteiger partial charge in [0.15, 0.2) is 6.04 Å². The Balaban J connectivity index is 2.24. The fourth-order valence-corrected chi connectivity index (χ4v) is 2.25. The summed E-state index contributed by atoms with van der Waals surface area (Å²) in [6.45, 7) is 1.68. The SMILES string of the molecule is O=C(O)C(c1ccc(Br)cn1)N1CCCC1. The molecule has 5 heteroatoms. The van der Waals surface area contributed by atoms with Gasteiger partial charge in [0.1, 0.15) is 0 Å². The molecule has 2 rings (SSSR count). The Morgan fingerprint density at radius 1 is 1.44 bits per heavy atom. The van der Waals surface area contributed by atoms with Crippen LogP contribution in [-0.4, -0.2) is 34.0 Å². The van der Waals surface area contributed by atoms with Gasteiger partial charge in [0.2, 0.25) is 0 Å². The van der Waals surface area contributed by atoms with Crippen molar-refractivity contribution >= 4 is 21.9 Å². The molecule has 1 aromatic heterocycles. The molecule has 2 heterocycles. The standard InChI is InChI=1S/C11H13BrN2O2/c12-8-3-4-9(13-7-8)10(11(15)16)14-5-1-2-6-14/h3-4,7,10H,1-2,5-6H2,(H,15,16). The molecule has 1 fully saturated rings. The third kappa shape index (κ3) is 2.41. The van der Waals surface area contributed by atoms with E-state index >= 15 is 0 Å². The average molecular weight is 285 g/mol. The Labute approximate surface area is 102 Å². The second-order valence-electron chi connectivity index (χ2n) is 3.89. The molecule has 0 bridgehead atoms. The Morgan fingerprint density at radius 2 is 2.12 bits per heavy atom. The number of halogens is 1. The third-order valence-corrected chi connectivity index (χ3v) is 3.24. The second kappa shape index (κ2) is 4.93. The zero-order chi connectivity index (χ0) is 11.5. The summed E-state index contributed by atoms with van der Waals surface area (Å²) in [4.78, 5) is 17.4. The smallest absolute Gasteiger partial charge is 0.327 e. The van der Waals surface area contributed by atoms with Crippen molar-refractivity contribution in [3.8, 4) is 0 Å². The van der Waals surface area contributed by atoms with Crippen LogP contribution in [0.1, 0.15) is 24.6 Å². The summed E-state index contributed by atoms with van der Waals surface area (Å²) in [6, 6.07) is 2.99. The molecule has 0 aliphatic carbocycles. The molecule has 4 nitrogen and oxygen atoms in total. The van der Waals surface area contributed by atoms with Crippen LogP contribution < -0.4 is 0 Å². The minimum absolute atomic E-state index is 0.601. The van der Waals surface area contributed by atoms with Gasteiger partial charge in [-0.25, -0.2) is 0 Å². The van der Waals surface area contributed by atoms with Crippen molar-refractivity contribution in [3.05, 3.63) is 28.5 Å². The Bertz CT molecular complexity index is 374. The third-order valence-electron chi connectivity index (χ3n) is 2.77. The lowest BCUT2D eigenvalue weighted by atomic mass is 10.1. The van der Waals surface area contributed by atoms with Gasteiger partial charge in [0, 0.05) is 10.7 Å². The first kappa shape index (κ1) is 11.5. The van der Waals surface area contributed by atoms with Gasteiger partial charge in [0.05, 0.1) is 5.69 Å². The molecule has 0 amide bonds. The lowest BCUT2D eigenvalue weighted by Crippen LogP contribution is -2.32. The topological polar surface area (TPSA) is 53.4 Å². The van der Waals surface area contributed by atoms with Gasteiger partial charge >= 0.3 is 5.97 Å². The fourth-order valence-electron chi connectivity index (χ4n) is 2.02. The van der Waals surface area contributed by atoms with Crippen molar-refractivity contribution in [2.24, 2.45) is 0 Å². The lowest BCUT2D eigenvalue weighted by molar-refractivity contribution is -0.143. The van der Waals surface area contributed by atoms with E-state index in [2.05, 4.69) is 20.9 Å². The second-order valence-corrected chi connectivity index (χ2v) is 4.80. The Hall–Kier alpha value is -0.940. The molecule has 0 spiro atoms. The molecular weight excluding hydrogens is 272 g/mol. The fraction of sp³-hybridized carbons (Fsp3) is 0.455. The molecule has 16 heavy (non-hydrogen) atoms. The van der Waals surface area contributed by atoms with Gasteiger partial charge in [0.25, 0.3) is 0 Å². The number of carboxylic acids is 1. The van der Waals surface area contributed by atoms with Crippen molar-refractivity contribution in [1.29, 1.82) is 0 Å². The average Bonchev–Trinajstić information content (AvgIpc) is 2.74. The monoisotopic (exact) mass is 284 g/mol. The van der Waals surface area contributed by atoms with Crippen LogP contribution in [-0.2, 0) is 4.79 Å². The lowest BCUT2D eigenvalue weighted by Gasteiger charge is -2.22. The van der Waals surface area contributed by atoms with Crippen LogP contribution >= 0.6 is 15.9 Å². The maximum absolute atomic E-state index is 11.3. The molecule has 1 aliphatic rings. The molecular formula is C11H13BrN2O2. The molecule has 0 saturated carbocycles. The van der Waals surface area contributed by atoms with Crippen LogP contribution in [0.15, 0.2) is 22.8 Å². The molecule has 1 aromatic rings. The van der Waals surface area contributed by atoms with Crippen molar-refractivity contribution < 1.29 is 9.90 Å². The van der Waals surface area contributed by atoms with E-state index in [0.29, 0.717) is 5.69 Å². The van der Waals surface area contributed by atoms with E-state index in [1.165, 1.54) is 0 Å². The molecule has 1 aliphatic heterocycles. The van der Waals surface area contributed by atoms with E-state index in [9.17, 15) is 9.90 Å². The number of hydrogen-bond acceptors (Lipinski definition) is 3. The highest BCUT2D eigenvalue weighted by Gasteiger charge is 2.30. The van der Waals surface area contributed by atoms with Gasteiger partial charge in [-0.1, -0.05) is 0 Å². The molecule has 1 atom stereocenters. The maximum atomic E-state index is 11.3. The highest BCUT2D eigenvalue weighted by molar-refractivity contribution is 9.10. The van der Waals surface area contributed by atoms with Gasteiger partial charge in [-0.3, -0.25) is 14.7 Å². The van der Waals surface area contributed by atoms with Crippen molar-refractivity contribution in [3.63, 3.8) is 0 Å². The zero-order valence-electron chi connectivity index (χ0n) is 8.77. The van der Waals surface area contributed by atoms with Gasteiger partial charge in [-0.2, -0.15) is 0 Å². The zero-order valence-corrected chi connectivity index (χ0v) is 10.4. The van der Waals surface area contributed by atoms with E-state index in [1.54, 1.807) is 12.3 Å². The van der Waals surface area contributed by atoms with Gasteiger partial charge in [-0.05, 0) is 54.0 Å². The van der Waals surface area contributed by atoms with Crippen LogP contribution in [0.2, 0.25) is 0 Å². The summed E-state index contributed by atoms with van der Waals surface area (Å²) in [6.07, 6.45) is 3.78. The number of carboxylic acid groups (broad SMARTS) is 1. The number of aliphatic carboxylic acids is 1. The van der Waals surface area contributed by atoms with E-state index in [4.69, 9.17) is 0 Å². The summed E-state index contributed by atoms with van der Waals surface area (Å²) in [5.74, 6) is -0.822. The normalized spacial score (nSPS) is 18.6. The predicted molar refractivity (Wildman–Crippen MR) is 63.1 cm³/mol. The molecule has 0 radical (unpaired) electrons. The van der Waals surface area contributed by atoms with Crippen molar-refractivity contribution in [2.45, 2.75) is 18.9 Å². The molecule has 86 valence electrons. The van der Waals surface area contributed by atoms with Gasteiger partial charge < -0.3 is 5.11 Å². The van der Waals surface area contributed by atoms with E-state index in [0.717, 1.165) is 30.4 Å². The number of rotatable bonds is 3. The molecule has 1 N–H and O–H groups in total. The first-order valence-electron chi connectivity index (χ1n) is 5.27. The van der Waals surface area contributed by atoms with Crippen LogP contribution in [0.3, 0.4) is 0 Å². The Morgan fingerprint density at radius 3 is 2.62 bits per heavy atom. The van der Waals surface area contributed by atoms with Crippen molar-refractivity contribution in [2.75, 3.05) is 13.1 Å². The molecule has 0 aromatic carbocycles. The number of carbonyl (C=O) groups is 1. The summed E-state index contributed by atoms with van der Waals surface area (Å²) in [5.41, 5.74) is 0.609. The predicted octanol–water partition coefficient (Wildman–Crippen LogP) is 2.07. The van der Waals surface area contributed by atoms with Crippen LogP contribution in [0.5, 0.6) is 0 Å². The van der Waals surface area contributed by atoms with Crippen LogP contribution in [0.4, 0.5) is 0 Å². The summed E-state index contributed by atoms with van der Waals surface area (Å²) in [5, 5.41) is 9.26. The highest BCUT2D eigenvalue weighted by Crippen LogP contribution is 2.24.